The molecule has 23 heavy (non-hydrogen) atoms. The van der Waals surface area contributed by atoms with Crippen molar-refractivity contribution >= 4 is 0 Å². The highest BCUT2D eigenvalue weighted by Gasteiger charge is 2.25. The van der Waals surface area contributed by atoms with E-state index in [1.165, 1.54) is 0 Å². The quantitative estimate of drug-likeness (QED) is 0.769. The van der Waals surface area contributed by atoms with Crippen LogP contribution in [0.3, 0.4) is 0 Å². The minimum absolute atomic E-state index is 0.134. The van der Waals surface area contributed by atoms with Crippen LogP contribution in [0.4, 0.5) is 0 Å². The number of piperazine rings is 1. The highest BCUT2D eigenvalue weighted by atomic mass is 16.5. The van der Waals surface area contributed by atoms with Gasteiger partial charge >= 0.3 is 0 Å². The standard InChI is InChI=1S/C15H17N7O/c1-21-6-5-17-9-13(21)14-19-15(23-20-14)11-7-18-22(10-11)12-3-2-4-16-8-12/h2-4,7-8,10,13,17H,5-6,9H2,1H3. The van der Waals surface area contributed by atoms with Crippen molar-refractivity contribution in [1.29, 1.82) is 0 Å². The Kier molecular flexibility index (Phi) is 3.60. The molecule has 0 amide bonds. The van der Waals surface area contributed by atoms with Crippen molar-refractivity contribution in [3.63, 3.8) is 0 Å². The lowest BCUT2D eigenvalue weighted by Gasteiger charge is -2.30. The Hall–Kier alpha value is -2.58. The van der Waals surface area contributed by atoms with Gasteiger partial charge in [-0.1, -0.05) is 5.16 Å². The summed E-state index contributed by atoms with van der Waals surface area (Å²) in [4.78, 5) is 10.9. The van der Waals surface area contributed by atoms with Crippen LogP contribution in [0, 0.1) is 0 Å². The molecule has 4 rings (SSSR count). The molecule has 0 bridgehead atoms. The van der Waals surface area contributed by atoms with Gasteiger partial charge in [-0.15, -0.1) is 0 Å². The normalized spacial score (nSPS) is 19.1. The van der Waals surface area contributed by atoms with Gasteiger partial charge in [0.2, 0.25) is 0 Å². The van der Waals surface area contributed by atoms with Crippen LogP contribution in [0.5, 0.6) is 0 Å². The van der Waals surface area contributed by atoms with E-state index >= 15 is 0 Å². The number of hydrogen-bond donors (Lipinski definition) is 1. The van der Waals surface area contributed by atoms with Gasteiger partial charge in [0.1, 0.15) is 0 Å². The van der Waals surface area contributed by atoms with E-state index in [0.29, 0.717) is 11.7 Å². The molecular weight excluding hydrogens is 294 g/mol. The second-order valence-electron chi connectivity index (χ2n) is 5.54. The molecule has 1 fully saturated rings. The first-order valence-corrected chi connectivity index (χ1v) is 7.51. The zero-order valence-electron chi connectivity index (χ0n) is 12.8. The maximum absolute atomic E-state index is 5.42. The van der Waals surface area contributed by atoms with Crippen molar-refractivity contribution in [2.24, 2.45) is 0 Å². The maximum atomic E-state index is 5.42. The van der Waals surface area contributed by atoms with Gasteiger partial charge in [0.25, 0.3) is 5.89 Å². The van der Waals surface area contributed by atoms with Crippen LogP contribution < -0.4 is 5.32 Å². The Morgan fingerprint density at radius 3 is 3.13 bits per heavy atom. The molecule has 0 radical (unpaired) electrons. The second-order valence-corrected chi connectivity index (χ2v) is 5.54. The predicted octanol–water partition coefficient (Wildman–Crippen LogP) is 0.893. The van der Waals surface area contributed by atoms with Crippen LogP contribution >= 0.6 is 0 Å². The van der Waals surface area contributed by atoms with Crippen molar-refractivity contribution < 1.29 is 4.52 Å². The Labute approximate surface area is 133 Å². The van der Waals surface area contributed by atoms with Crippen LogP contribution in [-0.4, -0.2) is 56.5 Å². The van der Waals surface area contributed by atoms with Crippen molar-refractivity contribution in [3.05, 3.63) is 42.7 Å². The fourth-order valence-corrected chi connectivity index (χ4v) is 2.65. The molecule has 0 spiro atoms. The lowest BCUT2D eigenvalue weighted by Crippen LogP contribution is -2.44. The van der Waals surface area contributed by atoms with E-state index in [9.17, 15) is 0 Å². The molecule has 8 nitrogen and oxygen atoms in total. The number of pyridine rings is 1. The van der Waals surface area contributed by atoms with Crippen LogP contribution in [0.15, 0.2) is 41.4 Å². The molecule has 3 aromatic rings. The van der Waals surface area contributed by atoms with E-state index < -0.39 is 0 Å². The second kappa shape index (κ2) is 5.90. The monoisotopic (exact) mass is 311 g/mol. The molecule has 1 aliphatic heterocycles. The zero-order chi connectivity index (χ0) is 15.6. The van der Waals surface area contributed by atoms with Crippen molar-refractivity contribution in [2.45, 2.75) is 6.04 Å². The molecule has 0 saturated carbocycles. The number of rotatable bonds is 3. The molecule has 1 saturated heterocycles. The Morgan fingerprint density at radius 2 is 2.30 bits per heavy atom. The highest BCUT2D eigenvalue weighted by molar-refractivity contribution is 5.51. The predicted molar refractivity (Wildman–Crippen MR) is 82.9 cm³/mol. The molecule has 8 heteroatoms. The van der Waals surface area contributed by atoms with Crippen molar-refractivity contribution in [2.75, 3.05) is 26.7 Å². The third-order valence-corrected chi connectivity index (χ3v) is 3.99. The van der Waals surface area contributed by atoms with E-state index in [1.54, 1.807) is 23.3 Å². The van der Waals surface area contributed by atoms with E-state index in [0.717, 1.165) is 30.9 Å². The Bertz CT molecular complexity index is 782. The molecule has 0 aromatic carbocycles. The summed E-state index contributed by atoms with van der Waals surface area (Å²) in [5.41, 5.74) is 1.67. The average molecular weight is 311 g/mol. The van der Waals surface area contributed by atoms with Gasteiger partial charge in [-0.25, -0.2) is 4.68 Å². The van der Waals surface area contributed by atoms with Gasteiger partial charge in [-0.05, 0) is 19.2 Å². The fourth-order valence-electron chi connectivity index (χ4n) is 2.65. The van der Waals surface area contributed by atoms with Gasteiger partial charge in [0.05, 0.1) is 29.7 Å². The Balaban J connectivity index is 1.59. The third kappa shape index (κ3) is 2.73. The SMILES string of the molecule is CN1CCNCC1c1noc(-c2cnn(-c3cccnc3)c2)n1. The summed E-state index contributed by atoms with van der Waals surface area (Å²) in [7, 11) is 2.07. The number of aromatic nitrogens is 5. The lowest BCUT2D eigenvalue weighted by molar-refractivity contribution is 0.190. The van der Waals surface area contributed by atoms with Gasteiger partial charge < -0.3 is 9.84 Å². The summed E-state index contributed by atoms with van der Waals surface area (Å²) >= 11 is 0. The number of nitrogens with zero attached hydrogens (tertiary/aromatic N) is 6. The molecule has 4 heterocycles. The maximum Gasteiger partial charge on any atom is 0.261 e. The summed E-state index contributed by atoms with van der Waals surface area (Å²) in [5, 5.41) is 11.8. The van der Waals surface area contributed by atoms with Gasteiger partial charge in [0.15, 0.2) is 5.82 Å². The first-order valence-electron chi connectivity index (χ1n) is 7.51. The van der Waals surface area contributed by atoms with Crippen LogP contribution in [0.1, 0.15) is 11.9 Å². The number of nitrogens with one attached hydrogen (secondary N) is 1. The first kappa shape index (κ1) is 14.0. The summed E-state index contributed by atoms with van der Waals surface area (Å²) in [6.07, 6.45) is 7.05. The van der Waals surface area contributed by atoms with Gasteiger partial charge in [-0.3, -0.25) is 9.88 Å². The molecular formula is C15H17N7O. The lowest BCUT2D eigenvalue weighted by atomic mass is 10.2. The van der Waals surface area contributed by atoms with E-state index in [-0.39, 0.29) is 6.04 Å². The smallest absolute Gasteiger partial charge is 0.261 e. The van der Waals surface area contributed by atoms with Crippen molar-refractivity contribution in [1.82, 2.24) is 35.1 Å². The average Bonchev–Trinajstić information content (AvgIpc) is 3.25. The van der Waals surface area contributed by atoms with Gasteiger partial charge in [0, 0.05) is 32.0 Å². The van der Waals surface area contributed by atoms with Crippen LogP contribution in [0.2, 0.25) is 0 Å². The van der Waals surface area contributed by atoms with E-state index in [4.69, 9.17) is 4.52 Å². The van der Waals surface area contributed by atoms with Crippen molar-refractivity contribution in [3.8, 4) is 17.1 Å². The highest BCUT2D eigenvalue weighted by Crippen LogP contribution is 2.23. The fraction of sp³-hybridized carbons (Fsp3) is 0.333. The van der Waals surface area contributed by atoms with E-state index in [2.05, 4.69) is 37.5 Å². The first-order chi connectivity index (χ1) is 11.3. The summed E-state index contributed by atoms with van der Waals surface area (Å²) in [6, 6.07) is 3.94. The van der Waals surface area contributed by atoms with Crippen LogP contribution in [-0.2, 0) is 0 Å². The number of likely N-dealkylation sites (N-methyl/N-ethyl adjacent to an activating group) is 1. The summed E-state index contributed by atoms with van der Waals surface area (Å²) in [6.45, 7) is 2.77. The number of hydrogen-bond acceptors (Lipinski definition) is 7. The largest absolute Gasteiger partial charge is 0.334 e. The summed E-state index contributed by atoms with van der Waals surface area (Å²) < 4.78 is 7.15. The molecule has 0 aliphatic carbocycles. The minimum atomic E-state index is 0.134. The molecule has 1 N–H and O–H groups in total. The molecule has 3 aromatic heterocycles. The molecule has 1 unspecified atom stereocenters. The van der Waals surface area contributed by atoms with E-state index in [1.807, 2.05) is 18.3 Å². The summed E-state index contributed by atoms with van der Waals surface area (Å²) in [5.74, 6) is 1.18. The molecule has 118 valence electrons. The molecule has 1 atom stereocenters. The third-order valence-electron chi connectivity index (χ3n) is 3.99. The van der Waals surface area contributed by atoms with Crippen LogP contribution in [0.25, 0.3) is 17.1 Å². The minimum Gasteiger partial charge on any atom is -0.334 e. The Morgan fingerprint density at radius 1 is 1.35 bits per heavy atom. The molecule has 1 aliphatic rings. The van der Waals surface area contributed by atoms with Gasteiger partial charge in [-0.2, -0.15) is 10.1 Å². The zero-order valence-corrected chi connectivity index (χ0v) is 12.8. The topological polar surface area (TPSA) is 84.9 Å².